The number of carbonyl (C=O) groups is 1. The van der Waals surface area contributed by atoms with Crippen LogP contribution in [0.1, 0.15) is 117 Å². The number of unbranched alkanes of at least 4 members (excludes halogenated alkanes) is 13. The van der Waals surface area contributed by atoms with Gasteiger partial charge in [-0.15, -0.1) is 0 Å². The largest absolute Gasteiger partial charge is 0.399 e. The normalized spacial score (nSPS) is 11.9. The summed E-state index contributed by atoms with van der Waals surface area (Å²) in [5.74, 6) is -0.370. The number of aryl methyl sites for hydroxylation is 1. The van der Waals surface area contributed by atoms with E-state index in [0.717, 1.165) is 12.1 Å². The monoisotopic (exact) mass is 494 g/mol. The minimum Gasteiger partial charge on any atom is -0.399 e. The van der Waals surface area contributed by atoms with Crippen molar-refractivity contribution in [2.24, 2.45) is 0 Å². The van der Waals surface area contributed by atoms with Gasteiger partial charge in [0.15, 0.2) is 24.8 Å². The van der Waals surface area contributed by atoms with E-state index in [1.165, 1.54) is 95.5 Å². The summed E-state index contributed by atoms with van der Waals surface area (Å²) >= 11 is 0. The highest BCUT2D eigenvalue weighted by atomic mass is 16.6. The van der Waals surface area contributed by atoms with Crippen LogP contribution in [0.3, 0.4) is 0 Å². The molecular weight excluding hydrogens is 444 g/mol. The van der Waals surface area contributed by atoms with Crippen molar-refractivity contribution < 1.29 is 18.7 Å². The number of esters is 1. The molecule has 0 spiro atoms. The first kappa shape index (κ1) is 29.7. The van der Waals surface area contributed by atoms with E-state index in [4.69, 9.17) is 4.74 Å². The van der Waals surface area contributed by atoms with E-state index >= 15 is 0 Å². The van der Waals surface area contributed by atoms with Gasteiger partial charge in [-0.2, -0.15) is 4.57 Å². The molecule has 0 aliphatic heterocycles. The highest BCUT2D eigenvalue weighted by molar-refractivity contribution is 5.86. The fourth-order valence-corrected chi connectivity index (χ4v) is 4.48. The van der Waals surface area contributed by atoms with Gasteiger partial charge >= 0.3 is 12.2 Å². The highest BCUT2D eigenvalue weighted by Gasteiger charge is 2.17. The second-order valence-electron chi connectivity index (χ2n) is 10.2. The van der Waals surface area contributed by atoms with Crippen molar-refractivity contribution in [2.75, 3.05) is 0 Å². The number of carbonyl (C=O) groups excluding carboxylic acids is 1. The third-order valence-corrected chi connectivity index (χ3v) is 6.89. The van der Waals surface area contributed by atoms with Crippen molar-refractivity contribution in [1.29, 1.82) is 0 Å². The summed E-state index contributed by atoms with van der Waals surface area (Å²) in [6, 6.07) is 8.46. The molecule has 4 heteroatoms. The number of ether oxygens (including phenoxy) is 1. The Morgan fingerprint density at radius 2 is 1.17 bits per heavy atom. The third-order valence-electron chi connectivity index (χ3n) is 6.89. The summed E-state index contributed by atoms with van der Waals surface area (Å²) in [6.07, 6.45) is 27.4. The van der Waals surface area contributed by atoms with Crippen LogP contribution in [0.4, 0.5) is 0 Å². The molecule has 2 aromatic heterocycles. The van der Waals surface area contributed by atoms with Crippen molar-refractivity contribution in [3.8, 4) is 11.1 Å². The number of nitrogens with zero attached hydrogens (tertiary/aromatic N) is 2. The van der Waals surface area contributed by atoms with E-state index in [-0.39, 0.29) is 12.2 Å². The van der Waals surface area contributed by atoms with Crippen molar-refractivity contribution in [1.82, 2.24) is 0 Å². The molecule has 2 rings (SSSR count). The van der Waals surface area contributed by atoms with Crippen molar-refractivity contribution in [2.45, 2.75) is 123 Å². The zero-order chi connectivity index (χ0) is 26.0. The number of hydrogen-bond donors (Lipinski definition) is 0. The molecule has 0 aromatic carbocycles. The topological polar surface area (TPSA) is 34.1 Å². The molecule has 0 aliphatic carbocycles. The maximum atomic E-state index is 11.7. The summed E-state index contributed by atoms with van der Waals surface area (Å²) in [7, 11) is 0. The smallest absolute Gasteiger partial charge is 0.338 e. The second-order valence-corrected chi connectivity index (χ2v) is 10.2. The van der Waals surface area contributed by atoms with Crippen LogP contribution in [0, 0.1) is 0 Å². The first-order valence-electron chi connectivity index (χ1n) is 14.4. The van der Waals surface area contributed by atoms with E-state index in [1.807, 2.05) is 23.9 Å². The van der Waals surface area contributed by atoms with Crippen molar-refractivity contribution in [3.05, 3.63) is 61.2 Å². The quantitative estimate of drug-likeness (QED) is 0.0857. The predicted molar refractivity (Wildman–Crippen MR) is 148 cm³/mol. The maximum Gasteiger partial charge on any atom is 0.338 e. The Kier molecular flexibility index (Phi) is 14.8. The van der Waals surface area contributed by atoms with Crippen LogP contribution in [0.2, 0.25) is 0 Å². The molecule has 0 aliphatic rings. The molecule has 0 saturated heterocycles. The predicted octanol–water partition coefficient (Wildman–Crippen LogP) is 8.05. The molecule has 0 N–H and O–H groups in total. The molecule has 198 valence electrons. The van der Waals surface area contributed by atoms with Crippen LogP contribution in [0.5, 0.6) is 0 Å². The molecule has 0 saturated carbocycles. The zero-order valence-electron chi connectivity index (χ0n) is 23.2. The van der Waals surface area contributed by atoms with Gasteiger partial charge in [0.2, 0.25) is 0 Å². The summed E-state index contributed by atoms with van der Waals surface area (Å²) < 4.78 is 9.54. The van der Waals surface area contributed by atoms with Crippen LogP contribution < -0.4 is 9.13 Å². The van der Waals surface area contributed by atoms with E-state index < -0.39 is 0 Å². The minimum absolute atomic E-state index is 0.369. The molecule has 1 unspecified atom stereocenters. The molecule has 4 nitrogen and oxygen atoms in total. The van der Waals surface area contributed by atoms with E-state index in [1.54, 1.807) is 6.92 Å². The van der Waals surface area contributed by atoms with Crippen molar-refractivity contribution in [3.63, 3.8) is 0 Å². The van der Waals surface area contributed by atoms with Gasteiger partial charge in [-0.3, -0.25) is 0 Å². The van der Waals surface area contributed by atoms with Gasteiger partial charge in [0.25, 0.3) is 0 Å². The highest BCUT2D eigenvalue weighted by Crippen LogP contribution is 2.17. The van der Waals surface area contributed by atoms with Crippen LogP contribution in [0.15, 0.2) is 61.2 Å². The average Bonchev–Trinajstić information content (AvgIpc) is 2.89. The van der Waals surface area contributed by atoms with E-state index in [9.17, 15) is 4.79 Å². The maximum absolute atomic E-state index is 11.7. The van der Waals surface area contributed by atoms with Gasteiger partial charge in [0.05, 0.1) is 0 Å². The summed E-state index contributed by atoms with van der Waals surface area (Å²) in [5, 5.41) is 0. The molecule has 2 aromatic rings. The lowest BCUT2D eigenvalue weighted by molar-refractivity contribution is -0.753. The Hall–Kier alpha value is -2.49. The first-order valence-corrected chi connectivity index (χ1v) is 14.4. The Morgan fingerprint density at radius 1 is 0.750 bits per heavy atom. The number of pyridine rings is 2. The van der Waals surface area contributed by atoms with Crippen LogP contribution in [0.25, 0.3) is 11.1 Å². The molecule has 2 heterocycles. The Balaban J connectivity index is 1.57. The fourth-order valence-electron chi connectivity index (χ4n) is 4.48. The van der Waals surface area contributed by atoms with E-state index in [2.05, 4.69) is 54.7 Å². The molecule has 0 radical (unpaired) electrons. The molecule has 1 atom stereocenters. The fraction of sp³-hybridized carbons (Fsp3) is 0.594. The van der Waals surface area contributed by atoms with Gasteiger partial charge in [-0.25, -0.2) is 9.36 Å². The lowest BCUT2D eigenvalue weighted by Crippen LogP contribution is -2.39. The molecule has 36 heavy (non-hydrogen) atoms. The van der Waals surface area contributed by atoms with Gasteiger partial charge < -0.3 is 4.74 Å². The number of aromatic nitrogens is 2. The van der Waals surface area contributed by atoms with Gasteiger partial charge in [0, 0.05) is 43.2 Å². The molecule has 0 bridgehead atoms. The number of rotatable bonds is 19. The first-order chi connectivity index (χ1) is 17.5. The van der Waals surface area contributed by atoms with Crippen molar-refractivity contribution >= 4 is 5.97 Å². The SMILES string of the molecule is C=C(C)C(=O)OC(C)[n+]1ccc(-c2cc[n+](CCCCCCCCCCCCCCCC)cc2)cc1. The van der Waals surface area contributed by atoms with Crippen LogP contribution in [-0.2, 0) is 16.1 Å². The van der Waals surface area contributed by atoms with Gasteiger partial charge in [-0.05, 0) is 24.5 Å². The van der Waals surface area contributed by atoms with E-state index in [0.29, 0.717) is 5.57 Å². The zero-order valence-corrected chi connectivity index (χ0v) is 23.2. The Morgan fingerprint density at radius 3 is 1.61 bits per heavy atom. The van der Waals surface area contributed by atoms with Crippen LogP contribution in [-0.4, -0.2) is 5.97 Å². The standard InChI is InChI=1S/C32H50N2O2/c1-5-6-7-8-9-10-11-12-13-14-15-16-17-18-23-33-24-19-30(20-25-33)31-21-26-34(27-22-31)29(4)36-32(35)28(2)3/h19-22,24-27,29H,2,5-18,23H2,1,3-4H3/q+2. The Labute approximate surface area is 220 Å². The Bertz CT molecular complexity index is 874. The molecular formula is C32H50N2O2+2. The number of hydrogen-bond acceptors (Lipinski definition) is 2. The third kappa shape index (κ3) is 12.0. The van der Waals surface area contributed by atoms with Gasteiger partial charge in [0.1, 0.15) is 6.54 Å². The summed E-state index contributed by atoms with van der Waals surface area (Å²) in [6.45, 7) is 10.5. The van der Waals surface area contributed by atoms with Crippen LogP contribution >= 0.6 is 0 Å². The van der Waals surface area contributed by atoms with Gasteiger partial charge in [-0.1, -0.05) is 90.6 Å². The lowest BCUT2D eigenvalue weighted by Gasteiger charge is -2.09. The summed E-state index contributed by atoms with van der Waals surface area (Å²) in [5.41, 5.74) is 2.74. The molecule has 0 amide bonds. The lowest BCUT2D eigenvalue weighted by atomic mass is 10.0. The molecule has 0 fully saturated rings. The summed E-state index contributed by atoms with van der Waals surface area (Å²) in [4.78, 5) is 11.7. The minimum atomic E-state index is -0.370. The average molecular weight is 495 g/mol. The second kappa shape index (κ2) is 17.9.